The number of hydrogen-bond donors (Lipinski definition) is 2. The average molecular weight is 415 g/mol. The van der Waals surface area contributed by atoms with E-state index in [1.807, 2.05) is 31.2 Å². The van der Waals surface area contributed by atoms with Gasteiger partial charge in [-0.2, -0.15) is 9.69 Å². The third kappa shape index (κ3) is 3.69. The molecule has 1 aliphatic carbocycles. The molecule has 1 aromatic heterocycles. The van der Waals surface area contributed by atoms with Crippen LogP contribution in [0.15, 0.2) is 29.4 Å². The zero-order chi connectivity index (χ0) is 20.4. The fourth-order valence-electron chi connectivity index (χ4n) is 3.72. The molecule has 4 amide bonds. The maximum atomic E-state index is 12.7. The van der Waals surface area contributed by atoms with Crippen molar-refractivity contribution >= 4 is 29.6 Å². The van der Waals surface area contributed by atoms with Gasteiger partial charge in [0.25, 0.3) is 5.91 Å². The quantitative estimate of drug-likeness (QED) is 0.558. The molecule has 152 valence electrons. The van der Waals surface area contributed by atoms with Crippen LogP contribution in [0.25, 0.3) is 5.69 Å². The smallest absolute Gasteiger partial charge is 0.322 e. The van der Waals surface area contributed by atoms with Gasteiger partial charge in [-0.3, -0.25) is 15.0 Å². The highest BCUT2D eigenvalue weighted by Crippen LogP contribution is 2.33. The Bertz CT molecular complexity index is 954. The summed E-state index contributed by atoms with van der Waals surface area (Å²) in [6.07, 6.45) is 4.01. The molecule has 4 rings (SSSR count). The average Bonchev–Trinajstić information content (AvgIpc) is 3.26. The molecule has 2 aromatic rings. The van der Waals surface area contributed by atoms with Gasteiger partial charge in [-0.05, 0) is 41.8 Å². The summed E-state index contributed by atoms with van der Waals surface area (Å²) in [6, 6.07) is 7.04. The highest BCUT2D eigenvalue weighted by molar-refractivity contribution is 7.99. The lowest BCUT2D eigenvalue weighted by Gasteiger charge is -2.30. The predicted molar refractivity (Wildman–Crippen MR) is 104 cm³/mol. The van der Waals surface area contributed by atoms with Crippen molar-refractivity contribution in [3.05, 3.63) is 29.8 Å². The zero-order valence-corrected chi connectivity index (χ0v) is 16.7. The summed E-state index contributed by atoms with van der Waals surface area (Å²) >= 11 is 1.12. The third-order valence-corrected chi connectivity index (χ3v) is 6.14. The van der Waals surface area contributed by atoms with Crippen molar-refractivity contribution in [2.24, 2.45) is 0 Å². The second-order valence-corrected chi connectivity index (χ2v) is 8.14. The van der Waals surface area contributed by atoms with Gasteiger partial charge in [-0.1, -0.05) is 49.2 Å². The van der Waals surface area contributed by atoms with Crippen LogP contribution in [0.3, 0.4) is 0 Å². The maximum Gasteiger partial charge on any atom is 0.344 e. The minimum Gasteiger partial charge on any atom is -0.322 e. The van der Waals surface area contributed by atoms with Crippen molar-refractivity contribution in [1.29, 1.82) is 0 Å². The standard InChI is InChI=1S/C18H21N7O3S/c1-12-7-3-4-8-13(12)24-17(20-22-23-24)29-11-14(26)21-25-15(27)18(19-16(25)28)9-5-2-6-10-18/h3-4,7-8H,2,5-6,9-11H2,1H3,(H,19,28)(H,21,26). The van der Waals surface area contributed by atoms with Crippen LogP contribution in [0.2, 0.25) is 0 Å². The van der Waals surface area contributed by atoms with E-state index in [1.165, 1.54) is 0 Å². The van der Waals surface area contributed by atoms with Crippen molar-refractivity contribution in [3.63, 3.8) is 0 Å². The van der Waals surface area contributed by atoms with Gasteiger partial charge in [-0.15, -0.1) is 5.10 Å². The lowest BCUT2D eigenvalue weighted by atomic mass is 9.82. The second-order valence-electron chi connectivity index (χ2n) is 7.20. The van der Waals surface area contributed by atoms with Gasteiger partial charge in [0.1, 0.15) is 5.54 Å². The summed E-state index contributed by atoms with van der Waals surface area (Å²) in [5, 5.41) is 15.6. The molecular weight excluding hydrogens is 394 g/mol. The predicted octanol–water partition coefficient (Wildman–Crippen LogP) is 1.35. The lowest BCUT2D eigenvalue weighted by Crippen LogP contribution is -2.51. The molecule has 10 nitrogen and oxygen atoms in total. The summed E-state index contributed by atoms with van der Waals surface area (Å²) in [6.45, 7) is 1.94. The summed E-state index contributed by atoms with van der Waals surface area (Å²) in [7, 11) is 0. The largest absolute Gasteiger partial charge is 0.344 e. The summed E-state index contributed by atoms with van der Waals surface area (Å²) in [4.78, 5) is 37.3. The van der Waals surface area contributed by atoms with Crippen molar-refractivity contribution in [2.75, 3.05) is 5.75 Å². The van der Waals surface area contributed by atoms with E-state index in [2.05, 4.69) is 26.3 Å². The number of aromatic nitrogens is 4. The Kier molecular flexibility index (Phi) is 5.22. The lowest BCUT2D eigenvalue weighted by molar-refractivity contribution is -0.139. The number of hydrogen-bond acceptors (Lipinski definition) is 7. The third-order valence-electron chi connectivity index (χ3n) is 5.22. The fraction of sp³-hybridized carbons (Fsp3) is 0.444. The fourth-order valence-corrected chi connectivity index (χ4v) is 4.40. The van der Waals surface area contributed by atoms with Gasteiger partial charge in [0, 0.05) is 0 Å². The number of tetrazole rings is 1. The van der Waals surface area contributed by atoms with E-state index in [0.717, 1.165) is 47.3 Å². The van der Waals surface area contributed by atoms with E-state index in [4.69, 9.17) is 0 Å². The van der Waals surface area contributed by atoms with Gasteiger partial charge < -0.3 is 5.32 Å². The van der Waals surface area contributed by atoms with Crippen LogP contribution < -0.4 is 10.7 Å². The molecule has 1 saturated carbocycles. The van der Waals surface area contributed by atoms with Gasteiger partial charge >= 0.3 is 6.03 Å². The van der Waals surface area contributed by atoms with Crippen LogP contribution in [0.1, 0.15) is 37.7 Å². The van der Waals surface area contributed by atoms with Crippen molar-refractivity contribution in [1.82, 2.24) is 36.0 Å². The molecule has 0 unspecified atom stereocenters. The molecular formula is C18H21N7O3S. The van der Waals surface area contributed by atoms with Crippen LogP contribution >= 0.6 is 11.8 Å². The molecule has 1 saturated heterocycles. The van der Waals surface area contributed by atoms with Gasteiger partial charge in [0.05, 0.1) is 11.4 Å². The van der Waals surface area contributed by atoms with E-state index < -0.39 is 17.5 Å². The van der Waals surface area contributed by atoms with Crippen LogP contribution in [-0.4, -0.2) is 54.4 Å². The zero-order valence-electron chi connectivity index (χ0n) is 15.9. The Morgan fingerprint density at radius 1 is 1.24 bits per heavy atom. The highest BCUT2D eigenvalue weighted by atomic mass is 32.2. The molecule has 0 atom stereocenters. The molecule has 0 radical (unpaired) electrons. The SMILES string of the molecule is Cc1ccccc1-n1nnnc1SCC(=O)NN1C(=O)NC2(CCCCC2)C1=O. The number of para-hydroxylation sites is 1. The van der Waals surface area contributed by atoms with Gasteiger partial charge in [0.2, 0.25) is 11.1 Å². The number of imide groups is 1. The molecule has 2 aliphatic rings. The van der Waals surface area contributed by atoms with E-state index >= 15 is 0 Å². The first-order valence-corrected chi connectivity index (χ1v) is 10.4. The first-order valence-electron chi connectivity index (χ1n) is 9.43. The molecule has 2 fully saturated rings. The van der Waals surface area contributed by atoms with Crippen molar-refractivity contribution < 1.29 is 14.4 Å². The Hall–Kier alpha value is -2.95. The molecule has 1 aromatic carbocycles. The molecule has 29 heavy (non-hydrogen) atoms. The van der Waals surface area contributed by atoms with Crippen molar-refractivity contribution in [3.8, 4) is 5.69 Å². The summed E-state index contributed by atoms with van der Waals surface area (Å²) in [5.41, 5.74) is 3.35. The molecule has 0 bridgehead atoms. The Morgan fingerprint density at radius 2 is 2.00 bits per heavy atom. The normalized spacial score (nSPS) is 18.2. The molecule has 11 heteroatoms. The number of rotatable bonds is 5. The number of aryl methyl sites for hydroxylation is 1. The molecule has 2 N–H and O–H groups in total. The number of benzene rings is 1. The van der Waals surface area contributed by atoms with E-state index in [0.29, 0.717) is 18.0 Å². The number of carbonyl (C=O) groups excluding carboxylic acids is 3. The van der Waals surface area contributed by atoms with Crippen LogP contribution in [0, 0.1) is 6.92 Å². The number of amides is 4. The number of carbonyl (C=O) groups is 3. The van der Waals surface area contributed by atoms with Gasteiger partial charge in [-0.25, -0.2) is 4.79 Å². The number of nitrogens with one attached hydrogen (secondary N) is 2. The highest BCUT2D eigenvalue weighted by Gasteiger charge is 2.52. The van der Waals surface area contributed by atoms with Crippen molar-refractivity contribution in [2.45, 2.75) is 49.7 Å². The topological polar surface area (TPSA) is 122 Å². The number of urea groups is 1. The summed E-state index contributed by atoms with van der Waals surface area (Å²) < 4.78 is 1.55. The first kappa shape index (κ1) is 19.4. The second kappa shape index (κ2) is 7.82. The molecule has 1 spiro atoms. The number of thioether (sulfide) groups is 1. The number of hydrazine groups is 1. The van der Waals surface area contributed by atoms with Gasteiger partial charge in [0.15, 0.2) is 0 Å². The Morgan fingerprint density at radius 3 is 2.76 bits per heavy atom. The number of nitrogens with zero attached hydrogens (tertiary/aromatic N) is 5. The monoisotopic (exact) mass is 415 g/mol. The minimum absolute atomic E-state index is 0.0453. The van der Waals surface area contributed by atoms with Crippen LogP contribution in [0.4, 0.5) is 4.79 Å². The first-order chi connectivity index (χ1) is 14.0. The minimum atomic E-state index is -0.870. The molecule has 1 aliphatic heterocycles. The maximum absolute atomic E-state index is 12.7. The van der Waals surface area contributed by atoms with E-state index in [-0.39, 0.29) is 11.7 Å². The molecule has 2 heterocycles. The van der Waals surface area contributed by atoms with Crippen LogP contribution in [-0.2, 0) is 9.59 Å². The van der Waals surface area contributed by atoms with E-state index in [1.54, 1.807) is 4.68 Å². The Balaban J connectivity index is 1.39. The van der Waals surface area contributed by atoms with E-state index in [9.17, 15) is 14.4 Å². The Labute approximate surface area is 171 Å². The van der Waals surface area contributed by atoms with Crippen LogP contribution in [0.5, 0.6) is 0 Å². The summed E-state index contributed by atoms with van der Waals surface area (Å²) in [5.74, 6) is -0.910.